The number of benzene rings is 2. The van der Waals surface area contributed by atoms with Crippen LogP contribution < -0.4 is 5.63 Å². The second kappa shape index (κ2) is 8.39. The molecule has 2 heterocycles. The Labute approximate surface area is 188 Å². The average Bonchev–Trinajstić information content (AvgIpc) is 2.91. The lowest BCUT2D eigenvalue weighted by molar-refractivity contribution is -0.384. The lowest BCUT2D eigenvalue weighted by atomic mass is 10.0. The van der Waals surface area contributed by atoms with Crippen LogP contribution in [0.25, 0.3) is 0 Å². The van der Waals surface area contributed by atoms with Crippen LogP contribution in [0.4, 0.5) is 24.5 Å². The first-order valence-electron chi connectivity index (χ1n) is 9.57. The summed E-state index contributed by atoms with van der Waals surface area (Å²) in [5.74, 6) is -0.234. The van der Waals surface area contributed by atoms with Gasteiger partial charge in [-0.1, -0.05) is 12.1 Å². The molecule has 0 radical (unpaired) electrons. The molecule has 0 saturated heterocycles. The number of nitro benzene ring substituents is 1. The van der Waals surface area contributed by atoms with Crippen LogP contribution in [0.15, 0.2) is 67.6 Å². The van der Waals surface area contributed by atoms with Crippen molar-refractivity contribution < 1.29 is 27.6 Å². The summed E-state index contributed by atoms with van der Waals surface area (Å²) in [6.45, 7) is 1.47. The Morgan fingerprint density at radius 3 is 2.48 bits per heavy atom. The van der Waals surface area contributed by atoms with Crippen LogP contribution >= 0.6 is 11.8 Å². The molecule has 33 heavy (non-hydrogen) atoms. The van der Waals surface area contributed by atoms with E-state index in [4.69, 9.17) is 4.42 Å². The van der Waals surface area contributed by atoms with E-state index in [1.807, 2.05) is 0 Å². The molecule has 0 bridgehead atoms. The molecule has 2 aromatic carbocycles. The quantitative estimate of drug-likeness (QED) is 0.371. The molecule has 1 aliphatic rings. The van der Waals surface area contributed by atoms with Gasteiger partial charge >= 0.3 is 11.8 Å². The Balaban J connectivity index is 1.88. The first-order chi connectivity index (χ1) is 15.5. The highest BCUT2D eigenvalue weighted by atomic mass is 32.2. The van der Waals surface area contributed by atoms with Gasteiger partial charge in [0.05, 0.1) is 21.9 Å². The monoisotopic (exact) mass is 476 g/mol. The van der Waals surface area contributed by atoms with Crippen LogP contribution in [0.3, 0.4) is 0 Å². The van der Waals surface area contributed by atoms with E-state index >= 15 is 0 Å². The number of hydrogen-bond donors (Lipinski definition) is 1. The summed E-state index contributed by atoms with van der Waals surface area (Å²) in [4.78, 5) is 27.7. The highest BCUT2D eigenvalue weighted by Crippen LogP contribution is 2.47. The number of hydrogen-bond acceptors (Lipinski definition) is 7. The van der Waals surface area contributed by atoms with Crippen molar-refractivity contribution in [3.8, 4) is 5.75 Å². The van der Waals surface area contributed by atoms with Gasteiger partial charge in [0, 0.05) is 34.8 Å². The molecular weight excluding hydrogens is 461 g/mol. The topological polar surface area (TPSA) is 106 Å². The van der Waals surface area contributed by atoms with Gasteiger partial charge in [-0.3, -0.25) is 15.1 Å². The number of aryl methyl sites for hydroxylation is 1. The van der Waals surface area contributed by atoms with E-state index in [-0.39, 0.29) is 34.8 Å². The largest absolute Gasteiger partial charge is 0.507 e. The maximum Gasteiger partial charge on any atom is 0.416 e. The van der Waals surface area contributed by atoms with Gasteiger partial charge in [-0.25, -0.2) is 4.79 Å². The van der Waals surface area contributed by atoms with Gasteiger partial charge in [0.25, 0.3) is 5.69 Å². The van der Waals surface area contributed by atoms with Crippen molar-refractivity contribution in [3.63, 3.8) is 0 Å². The van der Waals surface area contributed by atoms with Crippen molar-refractivity contribution in [1.29, 1.82) is 0 Å². The lowest BCUT2D eigenvalue weighted by Gasteiger charge is -2.16. The Kier molecular flexibility index (Phi) is 5.75. The Hall–Kier alpha value is -3.60. The number of halogens is 3. The van der Waals surface area contributed by atoms with Crippen molar-refractivity contribution >= 4 is 28.8 Å². The Morgan fingerprint density at radius 2 is 1.88 bits per heavy atom. The SMILES string of the molecule is Cc1cc(O)c(C2=Nc3cc(C(F)(F)F)ccc3SC(c3ccc([N+](=O)[O-])cc3)C2)c(=O)o1. The van der Waals surface area contributed by atoms with Crippen molar-refractivity contribution in [1.82, 2.24) is 0 Å². The maximum absolute atomic E-state index is 13.3. The molecule has 0 fully saturated rings. The number of aromatic hydroxyl groups is 1. The summed E-state index contributed by atoms with van der Waals surface area (Å²) < 4.78 is 44.9. The average molecular weight is 476 g/mol. The van der Waals surface area contributed by atoms with Crippen LogP contribution in [0.5, 0.6) is 5.75 Å². The molecule has 0 spiro atoms. The molecule has 0 aliphatic carbocycles. The number of thioether (sulfide) groups is 1. The molecule has 3 aromatic rings. The summed E-state index contributed by atoms with van der Waals surface area (Å²) in [5, 5.41) is 20.9. The van der Waals surface area contributed by atoms with E-state index in [9.17, 15) is 33.2 Å². The second-order valence-electron chi connectivity index (χ2n) is 7.30. The second-order valence-corrected chi connectivity index (χ2v) is 8.55. The Bertz CT molecular complexity index is 1330. The van der Waals surface area contributed by atoms with Gasteiger partial charge in [-0.05, 0) is 30.7 Å². The number of non-ortho nitro benzene ring substituents is 1. The molecule has 1 atom stereocenters. The number of fused-ring (bicyclic) bond motifs is 1. The predicted octanol–water partition coefficient (Wildman–Crippen LogP) is 5.94. The third-order valence-corrected chi connectivity index (χ3v) is 6.33. The molecule has 0 amide bonds. The number of aliphatic imine (C=N–C) groups is 1. The van der Waals surface area contributed by atoms with Gasteiger partial charge < -0.3 is 9.52 Å². The maximum atomic E-state index is 13.3. The fourth-order valence-corrected chi connectivity index (χ4v) is 4.67. The van der Waals surface area contributed by atoms with Crippen LogP contribution in [0, 0.1) is 17.0 Å². The molecule has 170 valence electrons. The van der Waals surface area contributed by atoms with E-state index in [2.05, 4.69) is 4.99 Å². The molecule has 7 nitrogen and oxygen atoms in total. The van der Waals surface area contributed by atoms with Crippen LogP contribution in [-0.2, 0) is 6.18 Å². The highest BCUT2D eigenvalue weighted by molar-refractivity contribution is 7.99. The van der Waals surface area contributed by atoms with Crippen molar-refractivity contribution in [2.24, 2.45) is 4.99 Å². The number of alkyl halides is 3. The third kappa shape index (κ3) is 4.63. The van der Waals surface area contributed by atoms with Crippen molar-refractivity contribution in [2.75, 3.05) is 0 Å². The van der Waals surface area contributed by atoms with Crippen LogP contribution in [0.2, 0.25) is 0 Å². The number of rotatable bonds is 3. The molecule has 4 rings (SSSR count). The fraction of sp³-hybridized carbons (Fsp3) is 0.182. The number of nitrogens with zero attached hydrogens (tertiary/aromatic N) is 2. The summed E-state index contributed by atoms with van der Waals surface area (Å²) in [6, 6.07) is 10.1. The standard InChI is InChI=1S/C22H15F3N2O5S/c1-11-8-17(28)20(21(29)32-11)16-10-19(12-2-5-14(6-3-12)27(30)31)33-18-7-4-13(22(23,24)25)9-15(18)26-16/h2-9,19,28H,10H2,1H3. The van der Waals surface area contributed by atoms with Gasteiger partial charge in [0.1, 0.15) is 17.1 Å². The number of nitro groups is 1. The van der Waals surface area contributed by atoms with Gasteiger partial charge in [-0.2, -0.15) is 13.2 Å². The molecule has 1 aromatic heterocycles. The van der Waals surface area contributed by atoms with Crippen LogP contribution in [-0.4, -0.2) is 15.7 Å². The fourth-order valence-electron chi connectivity index (χ4n) is 3.46. The van der Waals surface area contributed by atoms with Crippen molar-refractivity contribution in [2.45, 2.75) is 29.7 Å². The van der Waals surface area contributed by atoms with Crippen LogP contribution in [0.1, 0.15) is 34.1 Å². The van der Waals surface area contributed by atoms with Gasteiger partial charge in [-0.15, -0.1) is 11.8 Å². The lowest BCUT2D eigenvalue weighted by Crippen LogP contribution is -2.17. The summed E-state index contributed by atoms with van der Waals surface area (Å²) >= 11 is 1.21. The van der Waals surface area contributed by atoms with E-state index in [1.165, 1.54) is 43.0 Å². The normalized spacial score (nSPS) is 16.0. The van der Waals surface area contributed by atoms with E-state index < -0.39 is 33.3 Å². The van der Waals surface area contributed by atoms with Crippen molar-refractivity contribution in [3.05, 3.63) is 91.5 Å². The van der Waals surface area contributed by atoms with E-state index in [1.54, 1.807) is 12.1 Å². The van der Waals surface area contributed by atoms with Gasteiger partial charge in [0.2, 0.25) is 0 Å². The molecule has 0 saturated carbocycles. The third-order valence-electron chi connectivity index (χ3n) is 5.01. The predicted molar refractivity (Wildman–Crippen MR) is 115 cm³/mol. The smallest absolute Gasteiger partial charge is 0.416 e. The molecule has 1 N–H and O–H groups in total. The minimum atomic E-state index is -4.59. The molecular formula is C22H15F3N2O5S. The molecule has 11 heteroatoms. The highest BCUT2D eigenvalue weighted by Gasteiger charge is 2.33. The summed E-state index contributed by atoms with van der Waals surface area (Å²) in [7, 11) is 0. The van der Waals surface area contributed by atoms with E-state index in [0.29, 0.717) is 10.5 Å². The molecule has 1 aliphatic heterocycles. The minimum Gasteiger partial charge on any atom is -0.507 e. The Morgan fingerprint density at radius 1 is 1.18 bits per heavy atom. The zero-order chi connectivity index (χ0) is 23.9. The van der Waals surface area contributed by atoms with Gasteiger partial charge in [0.15, 0.2) is 0 Å². The minimum absolute atomic E-state index is 0.00592. The summed E-state index contributed by atoms with van der Waals surface area (Å²) in [6.07, 6.45) is -4.54. The first kappa shape index (κ1) is 22.6. The zero-order valence-corrected chi connectivity index (χ0v) is 17.7. The zero-order valence-electron chi connectivity index (χ0n) is 16.9. The summed E-state index contributed by atoms with van der Waals surface area (Å²) in [5.41, 5.74) is -1.43. The molecule has 1 unspecified atom stereocenters. The first-order valence-corrected chi connectivity index (χ1v) is 10.4. The van der Waals surface area contributed by atoms with E-state index in [0.717, 1.165) is 12.1 Å².